The van der Waals surface area contributed by atoms with Gasteiger partial charge < -0.3 is 5.32 Å². The van der Waals surface area contributed by atoms with Gasteiger partial charge in [0.05, 0.1) is 6.26 Å². The van der Waals surface area contributed by atoms with Crippen LogP contribution in [0.2, 0.25) is 0 Å². The zero-order valence-electron chi connectivity index (χ0n) is 8.28. The van der Waals surface area contributed by atoms with Crippen molar-refractivity contribution in [1.29, 1.82) is 0 Å². The van der Waals surface area contributed by atoms with Gasteiger partial charge in [-0.25, -0.2) is 8.42 Å². The summed E-state index contributed by atoms with van der Waals surface area (Å²) < 4.78 is 24.4. The second-order valence-electron chi connectivity index (χ2n) is 3.52. The molecule has 1 atom stereocenters. The lowest BCUT2D eigenvalue weighted by Gasteiger charge is -2.34. The second-order valence-corrected chi connectivity index (χ2v) is 5.46. The molecule has 0 aromatic rings. The normalized spacial score (nSPS) is 26.2. The van der Waals surface area contributed by atoms with E-state index >= 15 is 0 Å². The van der Waals surface area contributed by atoms with E-state index in [1.165, 1.54) is 6.26 Å². The lowest BCUT2D eigenvalue weighted by atomic mass is 10.1. The first-order valence-electron chi connectivity index (χ1n) is 4.73. The minimum Gasteiger partial charge on any atom is -0.314 e. The number of nitrogens with zero attached hydrogens (tertiary/aromatic N) is 1. The molecule has 0 radical (unpaired) electrons. The molecule has 1 rings (SSSR count). The van der Waals surface area contributed by atoms with Crippen LogP contribution in [0.25, 0.3) is 0 Å². The minimum absolute atomic E-state index is 0.161. The summed E-state index contributed by atoms with van der Waals surface area (Å²) in [6.07, 6.45) is 3.26. The zero-order valence-corrected chi connectivity index (χ0v) is 9.10. The highest BCUT2D eigenvalue weighted by atomic mass is 32.2. The monoisotopic (exact) mass is 206 g/mol. The summed E-state index contributed by atoms with van der Waals surface area (Å²) >= 11 is 0. The Morgan fingerprint density at radius 1 is 1.54 bits per heavy atom. The van der Waals surface area contributed by atoms with Crippen LogP contribution in [0.15, 0.2) is 0 Å². The molecule has 0 aromatic carbocycles. The van der Waals surface area contributed by atoms with E-state index < -0.39 is 10.0 Å². The van der Waals surface area contributed by atoms with E-state index in [-0.39, 0.29) is 6.04 Å². The van der Waals surface area contributed by atoms with Gasteiger partial charge in [0.2, 0.25) is 10.0 Å². The van der Waals surface area contributed by atoms with Crippen molar-refractivity contribution in [2.45, 2.75) is 25.8 Å². The van der Waals surface area contributed by atoms with Crippen molar-refractivity contribution in [3.8, 4) is 0 Å². The number of piperazine rings is 1. The first kappa shape index (κ1) is 10.9. The fourth-order valence-corrected chi connectivity index (χ4v) is 2.90. The van der Waals surface area contributed by atoms with Crippen molar-refractivity contribution in [2.75, 3.05) is 25.9 Å². The van der Waals surface area contributed by atoms with Crippen LogP contribution >= 0.6 is 0 Å². The molecule has 1 heterocycles. The Morgan fingerprint density at radius 2 is 2.23 bits per heavy atom. The molecule has 5 heteroatoms. The number of sulfonamides is 1. The summed E-state index contributed by atoms with van der Waals surface area (Å²) in [6.45, 7) is 4.26. The van der Waals surface area contributed by atoms with Gasteiger partial charge in [0.15, 0.2) is 0 Å². The van der Waals surface area contributed by atoms with E-state index in [1.54, 1.807) is 4.31 Å². The predicted molar refractivity (Wildman–Crippen MR) is 53.1 cm³/mol. The zero-order chi connectivity index (χ0) is 9.90. The molecule has 78 valence electrons. The molecule has 1 saturated heterocycles. The highest BCUT2D eigenvalue weighted by Crippen LogP contribution is 2.12. The Hall–Kier alpha value is -0.130. The molecule has 0 amide bonds. The molecule has 1 N–H and O–H groups in total. The Kier molecular flexibility index (Phi) is 3.70. The van der Waals surface area contributed by atoms with Gasteiger partial charge in [-0.2, -0.15) is 4.31 Å². The fraction of sp³-hybridized carbons (Fsp3) is 1.00. The first-order chi connectivity index (χ1) is 6.05. The quantitative estimate of drug-likeness (QED) is 0.708. The summed E-state index contributed by atoms with van der Waals surface area (Å²) in [5.41, 5.74) is 0. The first-order valence-corrected chi connectivity index (χ1v) is 6.58. The maximum Gasteiger partial charge on any atom is 0.211 e. The standard InChI is InChI=1S/C8H18N2O2S/c1-3-4-8-7-9-5-6-10(8)13(2,11)12/h8-9H,3-7H2,1-2H3. The summed E-state index contributed by atoms with van der Waals surface area (Å²) in [5, 5.41) is 3.22. The number of hydrogen-bond acceptors (Lipinski definition) is 3. The average molecular weight is 206 g/mol. The van der Waals surface area contributed by atoms with Crippen molar-refractivity contribution in [3.05, 3.63) is 0 Å². The Bertz CT molecular complexity index is 249. The van der Waals surface area contributed by atoms with E-state index in [9.17, 15) is 8.42 Å². The number of rotatable bonds is 3. The van der Waals surface area contributed by atoms with Crippen molar-refractivity contribution < 1.29 is 8.42 Å². The maximum atomic E-state index is 11.4. The molecule has 0 saturated carbocycles. The van der Waals surface area contributed by atoms with E-state index in [0.717, 1.165) is 25.9 Å². The topological polar surface area (TPSA) is 49.4 Å². The minimum atomic E-state index is -3.00. The van der Waals surface area contributed by atoms with Crippen molar-refractivity contribution in [1.82, 2.24) is 9.62 Å². The third-order valence-electron chi connectivity index (χ3n) is 2.34. The van der Waals surface area contributed by atoms with Gasteiger partial charge in [0, 0.05) is 25.7 Å². The van der Waals surface area contributed by atoms with E-state index in [0.29, 0.717) is 6.54 Å². The van der Waals surface area contributed by atoms with Crippen LogP contribution in [0, 0.1) is 0 Å². The summed E-state index contributed by atoms with van der Waals surface area (Å²) in [4.78, 5) is 0. The highest BCUT2D eigenvalue weighted by Gasteiger charge is 2.27. The van der Waals surface area contributed by atoms with E-state index in [1.807, 2.05) is 0 Å². The van der Waals surface area contributed by atoms with Crippen LogP contribution < -0.4 is 5.32 Å². The lowest BCUT2D eigenvalue weighted by Crippen LogP contribution is -2.53. The van der Waals surface area contributed by atoms with Crippen LogP contribution in [-0.2, 0) is 10.0 Å². The Labute approximate surface area is 80.4 Å². The molecule has 13 heavy (non-hydrogen) atoms. The highest BCUT2D eigenvalue weighted by molar-refractivity contribution is 7.88. The smallest absolute Gasteiger partial charge is 0.211 e. The van der Waals surface area contributed by atoms with Gasteiger partial charge in [-0.1, -0.05) is 13.3 Å². The van der Waals surface area contributed by atoms with E-state index in [2.05, 4.69) is 12.2 Å². The third-order valence-corrected chi connectivity index (χ3v) is 3.68. The molecule has 0 aliphatic carbocycles. The fourth-order valence-electron chi connectivity index (χ4n) is 1.76. The maximum absolute atomic E-state index is 11.4. The molecule has 4 nitrogen and oxygen atoms in total. The van der Waals surface area contributed by atoms with Crippen molar-refractivity contribution in [2.24, 2.45) is 0 Å². The second kappa shape index (κ2) is 4.39. The van der Waals surface area contributed by atoms with E-state index in [4.69, 9.17) is 0 Å². The molecule has 0 aromatic heterocycles. The summed E-state index contributed by atoms with van der Waals surface area (Å²) in [7, 11) is -3.00. The number of hydrogen-bond donors (Lipinski definition) is 1. The van der Waals surface area contributed by atoms with Gasteiger partial charge in [-0.15, -0.1) is 0 Å². The van der Waals surface area contributed by atoms with Crippen LogP contribution in [0.3, 0.4) is 0 Å². The molecular formula is C8H18N2O2S. The molecule has 1 unspecified atom stereocenters. The average Bonchev–Trinajstić information content (AvgIpc) is 2.04. The van der Waals surface area contributed by atoms with Gasteiger partial charge >= 0.3 is 0 Å². The van der Waals surface area contributed by atoms with Gasteiger partial charge in [0.25, 0.3) is 0 Å². The molecule has 1 aliphatic rings. The largest absolute Gasteiger partial charge is 0.314 e. The lowest BCUT2D eigenvalue weighted by molar-refractivity contribution is 0.256. The molecular weight excluding hydrogens is 188 g/mol. The predicted octanol–water partition coefficient (Wildman–Crippen LogP) is 0.0199. The molecule has 1 fully saturated rings. The van der Waals surface area contributed by atoms with Crippen LogP contribution in [0.4, 0.5) is 0 Å². The molecule has 0 spiro atoms. The van der Waals surface area contributed by atoms with Crippen molar-refractivity contribution >= 4 is 10.0 Å². The Balaban J connectivity index is 2.67. The van der Waals surface area contributed by atoms with Gasteiger partial charge in [0.1, 0.15) is 0 Å². The van der Waals surface area contributed by atoms with Gasteiger partial charge in [-0.05, 0) is 6.42 Å². The van der Waals surface area contributed by atoms with Crippen LogP contribution in [0.1, 0.15) is 19.8 Å². The summed E-state index contributed by atoms with van der Waals surface area (Å²) in [6, 6.07) is 0.161. The van der Waals surface area contributed by atoms with Gasteiger partial charge in [-0.3, -0.25) is 0 Å². The van der Waals surface area contributed by atoms with Crippen LogP contribution in [-0.4, -0.2) is 44.7 Å². The SMILES string of the molecule is CCCC1CNCCN1S(C)(=O)=O. The Morgan fingerprint density at radius 3 is 2.77 bits per heavy atom. The summed E-state index contributed by atoms with van der Waals surface area (Å²) in [5.74, 6) is 0. The number of nitrogens with one attached hydrogen (secondary N) is 1. The molecule has 1 aliphatic heterocycles. The molecule has 0 bridgehead atoms. The van der Waals surface area contributed by atoms with Crippen molar-refractivity contribution in [3.63, 3.8) is 0 Å². The van der Waals surface area contributed by atoms with Crippen LogP contribution in [0.5, 0.6) is 0 Å². The third kappa shape index (κ3) is 2.93.